The molecule has 0 bridgehead atoms. The predicted octanol–water partition coefficient (Wildman–Crippen LogP) is 2.58. The fraction of sp³-hybridized carbons (Fsp3) is 0.462. The van der Waals surface area contributed by atoms with Gasteiger partial charge >= 0.3 is 0 Å². The standard InChI is InChI=1S/C13H17N3S2/c1-14-13(10-3-5-15-16(10)2)12-7-9-8-17-6-4-11(9)18-12/h3,5,7,13-14H,4,6,8H2,1-2H3. The smallest absolute Gasteiger partial charge is 0.0839 e. The van der Waals surface area contributed by atoms with Gasteiger partial charge in [0.1, 0.15) is 0 Å². The van der Waals surface area contributed by atoms with E-state index in [1.54, 1.807) is 4.88 Å². The molecule has 1 aliphatic heterocycles. The zero-order valence-electron chi connectivity index (χ0n) is 10.6. The van der Waals surface area contributed by atoms with Crippen LogP contribution in [0.1, 0.15) is 27.1 Å². The highest BCUT2D eigenvalue weighted by atomic mass is 32.2. The Morgan fingerprint density at radius 2 is 2.39 bits per heavy atom. The molecule has 1 N–H and O–H groups in total. The number of aryl methyl sites for hydroxylation is 2. The first kappa shape index (κ1) is 12.3. The van der Waals surface area contributed by atoms with Crippen LogP contribution in [0.2, 0.25) is 0 Å². The van der Waals surface area contributed by atoms with Crippen molar-refractivity contribution in [3.8, 4) is 0 Å². The van der Waals surface area contributed by atoms with E-state index in [1.165, 1.54) is 34.1 Å². The molecule has 0 spiro atoms. The monoisotopic (exact) mass is 279 g/mol. The van der Waals surface area contributed by atoms with Gasteiger partial charge in [0.05, 0.1) is 11.7 Å². The predicted molar refractivity (Wildman–Crippen MR) is 78.3 cm³/mol. The minimum absolute atomic E-state index is 0.262. The average Bonchev–Trinajstić information content (AvgIpc) is 2.97. The van der Waals surface area contributed by atoms with Crippen molar-refractivity contribution in [3.63, 3.8) is 0 Å². The number of hydrogen-bond donors (Lipinski definition) is 1. The minimum Gasteiger partial charge on any atom is -0.307 e. The molecule has 2 aromatic heterocycles. The number of nitrogens with one attached hydrogen (secondary N) is 1. The van der Waals surface area contributed by atoms with Crippen LogP contribution >= 0.6 is 23.1 Å². The van der Waals surface area contributed by atoms with Gasteiger partial charge in [-0.15, -0.1) is 11.3 Å². The highest BCUT2D eigenvalue weighted by molar-refractivity contribution is 7.98. The molecule has 0 fully saturated rings. The molecule has 3 heterocycles. The number of thioether (sulfide) groups is 1. The van der Waals surface area contributed by atoms with Crippen LogP contribution in [0, 0.1) is 0 Å². The fourth-order valence-corrected chi connectivity index (χ4v) is 4.91. The van der Waals surface area contributed by atoms with E-state index in [9.17, 15) is 0 Å². The summed E-state index contributed by atoms with van der Waals surface area (Å²) in [6.07, 6.45) is 3.09. The molecule has 3 nitrogen and oxygen atoms in total. The molecule has 1 aliphatic rings. The maximum absolute atomic E-state index is 4.27. The summed E-state index contributed by atoms with van der Waals surface area (Å²) in [5.41, 5.74) is 2.76. The molecule has 2 aromatic rings. The van der Waals surface area contributed by atoms with E-state index in [-0.39, 0.29) is 6.04 Å². The van der Waals surface area contributed by atoms with Crippen LogP contribution in [-0.2, 0) is 19.2 Å². The van der Waals surface area contributed by atoms with Gasteiger partial charge in [-0.25, -0.2) is 0 Å². The lowest BCUT2D eigenvalue weighted by Crippen LogP contribution is -2.19. The van der Waals surface area contributed by atoms with Gasteiger partial charge in [0.2, 0.25) is 0 Å². The molecule has 0 radical (unpaired) electrons. The van der Waals surface area contributed by atoms with Gasteiger partial charge in [-0.2, -0.15) is 16.9 Å². The Kier molecular flexibility index (Phi) is 3.46. The lowest BCUT2D eigenvalue weighted by atomic mass is 10.1. The molecule has 1 unspecified atom stereocenters. The summed E-state index contributed by atoms with van der Waals surface area (Å²) in [6, 6.07) is 4.73. The zero-order valence-corrected chi connectivity index (χ0v) is 12.3. The first-order chi connectivity index (χ1) is 8.79. The van der Waals surface area contributed by atoms with Crippen LogP contribution in [0.5, 0.6) is 0 Å². The Labute approximate surface area is 116 Å². The van der Waals surface area contributed by atoms with E-state index >= 15 is 0 Å². The second-order valence-electron chi connectivity index (χ2n) is 4.50. The average molecular weight is 279 g/mol. The summed E-state index contributed by atoms with van der Waals surface area (Å²) in [4.78, 5) is 2.99. The molecular weight excluding hydrogens is 262 g/mol. The number of hydrogen-bond acceptors (Lipinski definition) is 4. The fourth-order valence-electron chi connectivity index (χ4n) is 2.42. The number of nitrogens with zero attached hydrogens (tertiary/aromatic N) is 2. The summed E-state index contributed by atoms with van der Waals surface area (Å²) in [7, 11) is 4.02. The van der Waals surface area contributed by atoms with Crippen LogP contribution in [0.25, 0.3) is 0 Å². The molecule has 0 aromatic carbocycles. The van der Waals surface area contributed by atoms with E-state index in [0.29, 0.717) is 0 Å². The zero-order chi connectivity index (χ0) is 12.5. The van der Waals surface area contributed by atoms with Crippen molar-refractivity contribution < 1.29 is 0 Å². The lowest BCUT2D eigenvalue weighted by molar-refractivity contribution is 0.613. The number of fused-ring (bicyclic) bond motifs is 1. The van der Waals surface area contributed by atoms with Crippen molar-refractivity contribution in [2.75, 3.05) is 12.8 Å². The van der Waals surface area contributed by atoms with E-state index < -0.39 is 0 Å². The Morgan fingerprint density at radius 3 is 3.06 bits per heavy atom. The Morgan fingerprint density at radius 1 is 1.50 bits per heavy atom. The molecule has 0 saturated carbocycles. The van der Waals surface area contributed by atoms with E-state index in [0.717, 1.165) is 0 Å². The van der Waals surface area contributed by atoms with Gasteiger partial charge in [0.25, 0.3) is 0 Å². The van der Waals surface area contributed by atoms with Crippen molar-refractivity contribution in [2.45, 2.75) is 18.2 Å². The van der Waals surface area contributed by atoms with Crippen LogP contribution in [0.3, 0.4) is 0 Å². The molecule has 0 amide bonds. The van der Waals surface area contributed by atoms with Crippen molar-refractivity contribution in [1.29, 1.82) is 0 Å². The number of aromatic nitrogens is 2. The van der Waals surface area contributed by atoms with Gasteiger partial charge in [0.15, 0.2) is 0 Å². The largest absolute Gasteiger partial charge is 0.307 e. The number of rotatable bonds is 3. The second kappa shape index (κ2) is 5.07. The van der Waals surface area contributed by atoms with E-state index in [2.05, 4.69) is 22.5 Å². The minimum atomic E-state index is 0.262. The van der Waals surface area contributed by atoms with Gasteiger partial charge in [-0.05, 0) is 36.9 Å². The SMILES string of the molecule is CNC(c1cc2c(s1)CCSC2)c1ccnn1C. The Bertz CT molecular complexity index is 521. The molecule has 0 saturated heterocycles. The molecule has 5 heteroatoms. The van der Waals surface area contributed by atoms with Gasteiger partial charge in [-0.1, -0.05) is 0 Å². The molecule has 0 aliphatic carbocycles. The van der Waals surface area contributed by atoms with Gasteiger partial charge < -0.3 is 5.32 Å². The molecule has 3 rings (SSSR count). The van der Waals surface area contributed by atoms with Gasteiger partial charge in [-0.3, -0.25) is 4.68 Å². The van der Waals surface area contributed by atoms with Crippen LogP contribution < -0.4 is 5.32 Å². The molecule has 1 atom stereocenters. The van der Waals surface area contributed by atoms with Crippen molar-refractivity contribution in [2.24, 2.45) is 7.05 Å². The first-order valence-electron chi connectivity index (χ1n) is 6.14. The highest BCUT2D eigenvalue weighted by Crippen LogP contribution is 2.36. The van der Waals surface area contributed by atoms with E-state index in [4.69, 9.17) is 0 Å². The van der Waals surface area contributed by atoms with Gasteiger partial charge in [0, 0.05) is 28.8 Å². The summed E-state index contributed by atoms with van der Waals surface area (Å²) in [6.45, 7) is 0. The summed E-state index contributed by atoms with van der Waals surface area (Å²) in [5, 5.41) is 7.68. The number of thiophene rings is 1. The van der Waals surface area contributed by atoms with Crippen LogP contribution in [0.4, 0.5) is 0 Å². The summed E-state index contributed by atoms with van der Waals surface area (Å²) < 4.78 is 1.95. The maximum atomic E-state index is 4.27. The third-order valence-corrected chi connectivity index (χ3v) is 5.68. The van der Waals surface area contributed by atoms with Crippen LogP contribution in [-0.4, -0.2) is 22.6 Å². The van der Waals surface area contributed by atoms with Crippen molar-refractivity contribution in [3.05, 3.63) is 39.3 Å². The Balaban J connectivity index is 1.97. The van der Waals surface area contributed by atoms with Crippen LogP contribution in [0.15, 0.2) is 18.3 Å². The topological polar surface area (TPSA) is 29.9 Å². The van der Waals surface area contributed by atoms with Crippen molar-refractivity contribution >= 4 is 23.1 Å². The third-order valence-electron chi connectivity index (χ3n) is 3.37. The molecule has 96 valence electrons. The normalized spacial score (nSPS) is 16.6. The molecular formula is C13H17N3S2. The highest BCUT2D eigenvalue weighted by Gasteiger charge is 2.21. The summed E-state index contributed by atoms with van der Waals surface area (Å²) >= 11 is 4.00. The third kappa shape index (κ3) is 2.11. The van der Waals surface area contributed by atoms with E-state index in [1.807, 2.05) is 48.1 Å². The van der Waals surface area contributed by atoms with Crippen molar-refractivity contribution in [1.82, 2.24) is 15.1 Å². The Hall–Kier alpha value is -0.780. The second-order valence-corrected chi connectivity index (χ2v) is 6.77. The quantitative estimate of drug-likeness (QED) is 0.936. The lowest BCUT2D eigenvalue weighted by Gasteiger charge is -2.14. The first-order valence-corrected chi connectivity index (χ1v) is 8.11. The molecule has 18 heavy (non-hydrogen) atoms. The maximum Gasteiger partial charge on any atom is 0.0839 e. The summed E-state index contributed by atoms with van der Waals surface area (Å²) in [5.74, 6) is 2.44.